The first-order chi connectivity index (χ1) is 13.2. The van der Waals surface area contributed by atoms with Crippen LogP contribution in [0.3, 0.4) is 0 Å². The molecule has 0 aliphatic heterocycles. The Morgan fingerprint density at radius 1 is 1.14 bits per heavy atom. The predicted molar refractivity (Wildman–Crippen MR) is 95.6 cm³/mol. The highest BCUT2D eigenvalue weighted by molar-refractivity contribution is 5.97. The van der Waals surface area contributed by atoms with Crippen LogP contribution in [0.25, 0.3) is 10.9 Å². The van der Waals surface area contributed by atoms with Crippen LogP contribution in [0.2, 0.25) is 0 Å². The van der Waals surface area contributed by atoms with E-state index < -0.39 is 23.5 Å². The summed E-state index contributed by atoms with van der Waals surface area (Å²) in [4.78, 5) is 16.7. The zero-order valence-electron chi connectivity index (χ0n) is 15.0. The second-order valence-corrected chi connectivity index (χ2v) is 6.21. The summed E-state index contributed by atoms with van der Waals surface area (Å²) in [6, 6.07) is 8.47. The number of alkyl halides is 3. The van der Waals surface area contributed by atoms with Crippen molar-refractivity contribution in [3.8, 4) is 5.75 Å². The van der Waals surface area contributed by atoms with Crippen LogP contribution >= 0.6 is 0 Å². The molecule has 0 bridgehead atoms. The number of rotatable bonds is 4. The third kappa shape index (κ3) is 4.05. The van der Waals surface area contributed by atoms with E-state index in [1.54, 1.807) is 6.92 Å². The van der Waals surface area contributed by atoms with Crippen molar-refractivity contribution in [2.45, 2.75) is 19.6 Å². The predicted octanol–water partition coefficient (Wildman–Crippen LogP) is 4.64. The lowest BCUT2D eigenvalue weighted by Gasteiger charge is -2.11. The molecular weight excluding hydrogens is 376 g/mol. The third-order valence-corrected chi connectivity index (χ3v) is 4.22. The number of methoxy groups -OCH3 is 1. The number of nitrogens with zero attached hydrogens (tertiary/aromatic N) is 1. The Morgan fingerprint density at radius 3 is 2.43 bits per heavy atom. The number of carbonyl (C=O) groups is 1. The second kappa shape index (κ2) is 7.46. The van der Waals surface area contributed by atoms with Gasteiger partial charge in [-0.1, -0.05) is 12.1 Å². The molecule has 1 amide bonds. The van der Waals surface area contributed by atoms with E-state index in [1.165, 1.54) is 37.4 Å². The minimum atomic E-state index is -4.41. The molecule has 1 N–H and O–H groups in total. The zero-order valence-corrected chi connectivity index (χ0v) is 15.0. The lowest BCUT2D eigenvalue weighted by Crippen LogP contribution is -2.24. The summed E-state index contributed by atoms with van der Waals surface area (Å²) in [5.74, 6) is -0.666. The highest BCUT2D eigenvalue weighted by atomic mass is 19.4. The molecule has 4 nitrogen and oxygen atoms in total. The second-order valence-electron chi connectivity index (χ2n) is 6.21. The van der Waals surface area contributed by atoms with Crippen molar-refractivity contribution in [1.29, 1.82) is 0 Å². The van der Waals surface area contributed by atoms with Crippen LogP contribution < -0.4 is 10.1 Å². The van der Waals surface area contributed by atoms with Gasteiger partial charge in [0.2, 0.25) is 0 Å². The van der Waals surface area contributed by atoms with Crippen molar-refractivity contribution in [3.63, 3.8) is 0 Å². The van der Waals surface area contributed by atoms with Gasteiger partial charge in [-0.2, -0.15) is 13.2 Å². The number of amides is 1. The van der Waals surface area contributed by atoms with Gasteiger partial charge in [-0.25, -0.2) is 9.37 Å². The minimum Gasteiger partial charge on any atom is -0.496 e. The van der Waals surface area contributed by atoms with Crippen LogP contribution in [0.4, 0.5) is 17.6 Å². The zero-order chi connectivity index (χ0) is 20.5. The van der Waals surface area contributed by atoms with Crippen LogP contribution in [0.15, 0.2) is 42.5 Å². The highest BCUT2D eigenvalue weighted by Crippen LogP contribution is 2.30. The van der Waals surface area contributed by atoms with Gasteiger partial charge in [0.1, 0.15) is 17.3 Å². The summed E-state index contributed by atoms with van der Waals surface area (Å²) >= 11 is 0. The molecule has 0 aliphatic rings. The molecule has 2 aromatic carbocycles. The largest absolute Gasteiger partial charge is 0.496 e. The maximum absolute atomic E-state index is 13.7. The maximum Gasteiger partial charge on any atom is 0.416 e. The number of halogens is 4. The Morgan fingerprint density at radius 2 is 1.82 bits per heavy atom. The van der Waals surface area contributed by atoms with Gasteiger partial charge in [0.25, 0.3) is 5.91 Å². The van der Waals surface area contributed by atoms with E-state index in [1.807, 2.05) is 0 Å². The van der Waals surface area contributed by atoms with Gasteiger partial charge in [-0.3, -0.25) is 4.79 Å². The fourth-order valence-electron chi connectivity index (χ4n) is 2.80. The number of hydrogen-bond acceptors (Lipinski definition) is 3. The summed E-state index contributed by atoms with van der Waals surface area (Å²) in [5.41, 5.74) is 0.788. The molecule has 3 aromatic rings. The van der Waals surface area contributed by atoms with E-state index in [0.717, 1.165) is 12.1 Å². The number of aromatic nitrogens is 1. The van der Waals surface area contributed by atoms with Crippen molar-refractivity contribution in [3.05, 3.63) is 70.7 Å². The third-order valence-electron chi connectivity index (χ3n) is 4.22. The number of aryl methyl sites for hydroxylation is 1. The number of benzene rings is 2. The number of carbonyl (C=O) groups excluding carboxylic acids is 1. The molecule has 0 saturated carbocycles. The van der Waals surface area contributed by atoms with E-state index in [4.69, 9.17) is 4.74 Å². The Labute approximate surface area is 158 Å². The number of fused-ring (bicyclic) bond motifs is 1. The van der Waals surface area contributed by atoms with E-state index in [0.29, 0.717) is 27.8 Å². The van der Waals surface area contributed by atoms with Crippen LogP contribution in [0, 0.1) is 12.7 Å². The summed E-state index contributed by atoms with van der Waals surface area (Å²) in [6.07, 6.45) is -4.41. The normalized spacial score (nSPS) is 11.5. The Hall–Kier alpha value is -3.16. The average molecular weight is 392 g/mol. The monoisotopic (exact) mass is 392 g/mol. The van der Waals surface area contributed by atoms with Gasteiger partial charge >= 0.3 is 6.18 Å². The topological polar surface area (TPSA) is 51.2 Å². The molecule has 0 saturated heterocycles. The first-order valence-corrected chi connectivity index (χ1v) is 8.28. The molecule has 0 unspecified atom stereocenters. The summed E-state index contributed by atoms with van der Waals surface area (Å²) < 4.78 is 56.7. The molecular formula is C20H16F4N2O2. The lowest BCUT2D eigenvalue weighted by molar-refractivity contribution is -0.137. The fourth-order valence-corrected chi connectivity index (χ4v) is 2.80. The Kier molecular flexibility index (Phi) is 5.22. The minimum absolute atomic E-state index is 0.0292. The summed E-state index contributed by atoms with van der Waals surface area (Å²) in [6.45, 7) is 1.70. The van der Waals surface area contributed by atoms with Gasteiger partial charge in [-0.05, 0) is 42.3 Å². The first-order valence-electron chi connectivity index (χ1n) is 8.28. The van der Waals surface area contributed by atoms with Crippen molar-refractivity contribution in [2.24, 2.45) is 0 Å². The van der Waals surface area contributed by atoms with Crippen molar-refractivity contribution >= 4 is 16.8 Å². The van der Waals surface area contributed by atoms with E-state index in [-0.39, 0.29) is 12.2 Å². The molecule has 146 valence electrons. The van der Waals surface area contributed by atoms with E-state index in [9.17, 15) is 22.4 Å². The molecule has 0 radical (unpaired) electrons. The summed E-state index contributed by atoms with van der Waals surface area (Å²) in [7, 11) is 1.40. The molecule has 1 aromatic heterocycles. The quantitative estimate of drug-likeness (QED) is 0.658. The van der Waals surface area contributed by atoms with Gasteiger partial charge in [-0.15, -0.1) is 0 Å². The number of nitrogens with one attached hydrogen (secondary N) is 1. The van der Waals surface area contributed by atoms with Crippen LogP contribution in [-0.4, -0.2) is 18.0 Å². The van der Waals surface area contributed by atoms with E-state index >= 15 is 0 Å². The van der Waals surface area contributed by atoms with E-state index in [2.05, 4.69) is 10.3 Å². The lowest BCUT2D eigenvalue weighted by atomic mass is 10.1. The van der Waals surface area contributed by atoms with Gasteiger partial charge in [0.15, 0.2) is 0 Å². The molecule has 28 heavy (non-hydrogen) atoms. The molecule has 0 aliphatic carbocycles. The highest BCUT2D eigenvalue weighted by Gasteiger charge is 2.29. The van der Waals surface area contributed by atoms with Crippen molar-refractivity contribution in [2.75, 3.05) is 7.11 Å². The number of pyridine rings is 1. The fraction of sp³-hybridized carbons (Fsp3) is 0.200. The van der Waals surface area contributed by atoms with Crippen LogP contribution in [0.1, 0.15) is 27.2 Å². The molecule has 3 rings (SSSR count). The SMILES string of the molecule is COc1cc(C(=O)NCc2ccc(C(F)(F)F)cc2)nc2c(C)cc(F)cc12. The Balaban J connectivity index is 1.82. The van der Waals surface area contributed by atoms with Crippen molar-refractivity contribution in [1.82, 2.24) is 10.3 Å². The number of hydrogen-bond donors (Lipinski definition) is 1. The van der Waals surface area contributed by atoms with Gasteiger partial charge in [0.05, 0.1) is 18.2 Å². The smallest absolute Gasteiger partial charge is 0.416 e. The maximum atomic E-state index is 13.7. The molecule has 1 heterocycles. The first kappa shape index (κ1) is 19.6. The standard InChI is InChI=1S/C20H16F4N2O2/c1-11-7-14(21)8-15-17(28-2)9-16(26-18(11)15)19(27)25-10-12-3-5-13(6-4-12)20(22,23)24/h3-9H,10H2,1-2H3,(H,25,27). The molecule has 0 atom stereocenters. The van der Waals surface area contributed by atoms with Crippen molar-refractivity contribution < 1.29 is 27.1 Å². The average Bonchev–Trinajstić information content (AvgIpc) is 2.65. The van der Waals surface area contributed by atoms with Crippen LogP contribution in [0.5, 0.6) is 5.75 Å². The van der Waals surface area contributed by atoms with Gasteiger partial charge < -0.3 is 10.1 Å². The molecule has 0 spiro atoms. The number of ether oxygens (including phenoxy) is 1. The van der Waals surface area contributed by atoms with Crippen LogP contribution in [-0.2, 0) is 12.7 Å². The van der Waals surface area contributed by atoms with Gasteiger partial charge in [0, 0.05) is 18.0 Å². The molecule has 8 heteroatoms. The summed E-state index contributed by atoms with van der Waals surface area (Å²) in [5, 5.41) is 3.05. The Bertz CT molecular complexity index is 1030. The molecule has 0 fully saturated rings.